The lowest BCUT2D eigenvalue weighted by Gasteiger charge is -2.10. The number of aromatic nitrogens is 3. The monoisotopic (exact) mass is 273 g/mol. The number of hydrogen-bond donors (Lipinski definition) is 0. The fourth-order valence-corrected chi connectivity index (χ4v) is 1.42. The van der Waals surface area contributed by atoms with Crippen LogP contribution in [0.2, 0.25) is 0 Å². The predicted octanol–water partition coefficient (Wildman–Crippen LogP) is 2.71. The molecule has 19 heavy (non-hydrogen) atoms. The summed E-state index contributed by atoms with van der Waals surface area (Å²) in [5.41, 5.74) is -1.43. The van der Waals surface area contributed by atoms with Crippen LogP contribution in [0.25, 0.3) is 11.3 Å². The molecule has 0 N–H and O–H groups in total. The summed E-state index contributed by atoms with van der Waals surface area (Å²) in [6.45, 7) is 0. The molecule has 0 saturated carbocycles. The van der Waals surface area contributed by atoms with Crippen molar-refractivity contribution in [2.45, 2.75) is 6.18 Å². The molecule has 0 aliphatic heterocycles. The van der Waals surface area contributed by atoms with Gasteiger partial charge in [-0.05, 0) is 12.1 Å². The van der Waals surface area contributed by atoms with Crippen molar-refractivity contribution in [1.82, 2.24) is 15.2 Å². The molecule has 0 aliphatic rings. The van der Waals surface area contributed by atoms with Gasteiger partial charge in [-0.25, -0.2) is 4.98 Å². The summed E-state index contributed by atoms with van der Waals surface area (Å²) in [6.07, 6.45) is -3.44. The molecule has 0 unspecified atom stereocenters. The van der Waals surface area contributed by atoms with Gasteiger partial charge in [0.15, 0.2) is 5.69 Å². The normalized spacial score (nSPS) is 11.4. The number of hydrogen-bond acceptors (Lipinski definition) is 4. The van der Waals surface area contributed by atoms with Crippen molar-refractivity contribution in [1.29, 1.82) is 0 Å². The van der Waals surface area contributed by atoms with E-state index in [4.69, 9.17) is 4.74 Å². The number of rotatable bonds is 2. The van der Waals surface area contributed by atoms with Gasteiger partial charge >= 0.3 is 6.18 Å². The van der Waals surface area contributed by atoms with Crippen LogP contribution >= 0.6 is 0 Å². The van der Waals surface area contributed by atoms with Crippen molar-refractivity contribution in [3.63, 3.8) is 0 Å². The van der Waals surface area contributed by atoms with E-state index in [1.54, 1.807) is 0 Å². The van der Waals surface area contributed by atoms with Crippen molar-refractivity contribution in [2.75, 3.05) is 7.11 Å². The summed E-state index contributed by atoms with van der Waals surface area (Å²) in [6, 6.07) is 3.41. The number of pyridine rings is 1. The highest BCUT2D eigenvalue weighted by molar-refractivity contribution is 5.65. The Morgan fingerprint density at radius 1 is 1.21 bits per heavy atom. The van der Waals surface area contributed by atoms with Gasteiger partial charge in [-0.15, -0.1) is 10.2 Å². The van der Waals surface area contributed by atoms with Gasteiger partial charge in [-0.1, -0.05) is 0 Å². The molecule has 4 nitrogen and oxygen atoms in total. The number of nitrogens with zero attached hydrogens (tertiary/aromatic N) is 3. The van der Waals surface area contributed by atoms with E-state index < -0.39 is 17.8 Å². The summed E-state index contributed by atoms with van der Waals surface area (Å²) in [5, 5.41) is 6.40. The third-order valence-corrected chi connectivity index (χ3v) is 2.28. The summed E-state index contributed by atoms with van der Waals surface area (Å²) in [4.78, 5) is 3.39. The minimum absolute atomic E-state index is 0.0828. The molecule has 0 aliphatic carbocycles. The van der Waals surface area contributed by atoms with Crippen LogP contribution in [0.15, 0.2) is 24.4 Å². The van der Waals surface area contributed by atoms with Crippen LogP contribution in [0.4, 0.5) is 17.6 Å². The largest absolute Gasteiger partial charge is 0.494 e. The van der Waals surface area contributed by atoms with Crippen LogP contribution < -0.4 is 4.74 Å². The molecule has 2 rings (SSSR count). The van der Waals surface area contributed by atoms with E-state index in [2.05, 4.69) is 15.2 Å². The maximum atomic E-state index is 13.5. The smallest absolute Gasteiger partial charge is 0.435 e. The van der Waals surface area contributed by atoms with E-state index in [9.17, 15) is 17.6 Å². The predicted molar refractivity (Wildman–Crippen MR) is 56.8 cm³/mol. The molecule has 8 heteroatoms. The summed E-state index contributed by atoms with van der Waals surface area (Å²) in [7, 11) is 1.16. The molecule has 2 aromatic heterocycles. The van der Waals surface area contributed by atoms with Crippen molar-refractivity contribution >= 4 is 0 Å². The highest BCUT2D eigenvalue weighted by Crippen LogP contribution is 2.34. The van der Waals surface area contributed by atoms with E-state index >= 15 is 0 Å². The Bertz CT molecular complexity index is 601. The van der Waals surface area contributed by atoms with Crippen molar-refractivity contribution in [3.8, 4) is 17.0 Å². The van der Waals surface area contributed by atoms with Crippen molar-refractivity contribution in [3.05, 3.63) is 36.0 Å². The Morgan fingerprint density at radius 2 is 1.95 bits per heavy atom. The summed E-state index contributed by atoms with van der Waals surface area (Å²) < 4.78 is 55.7. The molecule has 0 spiro atoms. The first-order chi connectivity index (χ1) is 8.93. The fraction of sp³-hybridized carbons (Fsp3) is 0.182. The van der Waals surface area contributed by atoms with Crippen LogP contribution in [-0.2, 0) is 6.18 Å². The molecule has 0 saturated heterocycles. The summed E-state index contributed by atoms with van der Waals surface area (Å²) in [5.74, 6) is -1.09. The second-order valence-electron chi connectivity index (χ2n) is 3.49. The molecular formula is C11H7F4N3O. The molecule has 100 valence electrons. The molecule has 0 atom stereocenters. The van der Waals surface area contributed by atoms with E-state index in [0.29, 0.717) is 6.07 Å². The zero-order valence-electron chi connectivity index (χ0n) is 9.57. The SMILES string of the molecule is COc1cc(C(F)(F)F)nnc1-c1cccnc1F. The summed E-state index contributed by atoms with van der Waals surface area (Å²) >= 11 is 0. The first-order valence-corrected chi connectivity index (χ1v) is 5.03. The van der Waals surface area contributed by atoms with E-state index in [1.165, 1.54) is 18.3 Å². The zero-order valence-corrected chi connectivity index (χ0v) is 9.57. The topological polar surface area (TPSA) is 47.9 Å². The average Bonchev–Trinajstić information content (AvgIpc) is 2.37. The van der Waals surface area contributed by atoms with Gasteiger partial charge in [0.2, 0.25) is 5.95 Å². The number of halogens is 4. The number of alkyl halides is 3. The quantitative estimate of drug-likeness (QED) is 0.623. The molecule has 0 fully saturated rings. The van der Waals surface area contributed by atoms with Crippen LogP contribution in [0.5, 0.6) is 5.75 Å². The Labute approximate surface area is 105 Å². The van der Waals surface area contributed by atoms with Gasteiger partial charge in [0.25, 0.3) is 0 Å². The van der Waals surface area contributed by atoms with Gasteiger partial charge in [0, 0.05) is 12.3 Å². The van der Waals surface area contributed by atoms with E-state index in [1.807, 2.05) is 0 Å². The standard InChI is InChI=1S/C11H7F4N3O/c1-19-7-5-8(11(13,14)15)17-18-9(7)6-3-2-4-16-10(6)12/h2-5H,1H3. The molecule has 0 amide bonds. The lowest BCUT2D eigenvalue weighted by molar-refractivity contribution is -0.141. The van der Waals surface area contributed by atoms with Crippen LogP contribution in [0.3, 0.4) is 0 Å². The fourth-order valence-electron chi connectivity index (χ4n) is 1.42. The second-order valence-corrected chi connectivity index (χ2v) is 3.49. The Hall–Kier alpha value is -2.25. The van der Waals surface area contributed by atoms with Gasteiger partial charge in [-0.3, -0.25) is 0 Å². The van der Waals surface area contributed by atoms with Gasteiger partial charge < -0.3 is 4.74 Å². The van der Waals surface area contributed by atoms with E-state index in [0.717, 1.165) is 7.11 Å². The third-order valence-electron chi connectivity index (χ3n) is 2.28. The number of ether oxygens (including phenoxy) is 1. The van der Waals surface area contributed by atoms with Gasteiger partial charge in [0.05, 0.1) is 12.7 Å². The van der Waals surface area contributed by atoms with E-state index in [-0.39, 0.29) is 17.0 Å². The van der Waals surface area contributed by atoms with Crippen LogP contribution in [-0.4, -0.2) is 22.3 Å². The second kappa shape index (κ2) is 4.79. The minimum Gasteiger partial charge on any atom is -0.494 e. The number of methoxy groups -OCH3 is 1. The molecule has 2 aromatic rings. The Morgan fingerprint density at radius 3 is 2.53 bits per heavy atom. The Balaban J connectivity index is 2.57. The first-order valence-electron chi connectivity index (χ1n) is 5.03. The third kappa shape index (κ3) is 2.61. The minimum atomic E-state index is -4.65. The van der Waals surface area contributed by atoms with Crippen molar-refractivity contribution in [2.24, 2.45) is 0 Å². The van der Waals surface area contributed by atoms with Crippen LogP contribution in [0.1, 0.15) is 5.69 Å². The zero-order chi connectivity index (χ0) is 14.0. The average molecular weight is 273 g/mol. The highest BCUT2D eigenvalue weighted by Gasteiger charge is 2.34. The van der Waals surface area contributed by atoms with Gasteiger partial charge in [0.1, 0.15) is 11.4 Å². The molecule has 0 radical (unpaired) electrons. The Kier molecular flexibility index (Phi) is 3.32. The molecule has 0 aromatic carbocycles. The lowest BCUT2D eigenvalue weighted by Crippen LogP contribution is -2.10. The molecular weight excluding hydrogens is 266 g/mol. The maximum absolute atomic E-state index is 13.5. The van der Waals surface area contributed by atoms with Gasteiger partial charge in [-0.2, -0.15) is 17.6 Å². The highest BCUT2D eigenvalue weighted by atomic mass is 19.4. The van der Waals surface area contributed by atoms with Crippen molar-refractivity contribution < 1.29 is 22.3 Å². The van der Waals surface area contributed by atoms with Crippen LogP contribution in [0, 0.1) is 5.95 Å². The lowest BCUT2D eigenvalue weighted by atomic mass is 10.1. The first kappa shape index (κ1) is 13.2. The maximum Gasteiger partial charge on any atom is 0.435 e. The molecule has 2 heterocycles. The molecule has 0 bridgehead atoms.